The zero-order valence-corrected chi connectivity index (χ0v) is 25.2. The van der Waals surface area contributed by atoms with Crippen molar-refractivity contribution in [2.75, 3.05) is 7.11 Å². The summed E-state index contributed by atoms with van der Waals surface area (Å²) in [6.45, 7) is 17.7. The van der Waals surface area contributed by atoms with Crippen molar-refractivity contribution < 1.29 is 23.1 Å². The molecule has 5 nitrogen and oxygen atoms in total. The molecule has 0 aliphatic carbocycles. The lowest BCUT2D eigenvalue weighted by atomic mass is 10.1. The van der Waals surface area contributed by atoms with Crippen molar-refractivity contribution in [2.24, 2.45) is 0 Å². The Balaban J connectivity index is 2.22. The minimum Gasteiger partial charge on any atom is -0.484 e. The van der Waals surface area contributed by atoms with E-state index < -0.39 is 40.9 Å². The van der Waals surface area contributed by atoms with E-state index in [1.165, 1.54) is 7.11 Å². The van der Waals surface area contributed by atoms with Crippen LogP contribution in [0.3, 0.4) is 0 Å². The van der Waals surface area contributed by atoms with Crippen LogP contribution in [0.4, 0.5) is 0 Å². The van der Waals surface area contributed by atoms with Crippen molar-refractivity contribution in [2.45, 2.75) is 83.0 Å². The fraction of sp³-hybridized carbons (Fsp3) is 0.483. The van der Waals surface area contributed by atoms with Gasteiger partial charge in [0.15, 0.2) is 8.32 Å². The molecule has 0 fully saturated rings. The molecule has 0 bridgehead atoms. The predicted octanol–water partition coefficient (Wildman–Crippen LogP) is 5.41. The molecular formula is C29H42O5Si2. The lowest BCUT2D eigenvalue weighted by Crippen LogP contribution is -2.70. The van der Waals surface area contributed by atoms with Crippen molar-refractivity contribution in [3.63, 3.8) is 0 Å². The quantitative estimate of drug-likeness (QED) is 0.357. The Hall–Kier alpha value is -2.20. The first-order valence-corrected chi connectivity index (χ1v) is 17.4. The van der Waals surface area contributed by atoms with Gasteiger partial charge >= 0.3 is 5.97 Å². The molecule has 1 aliphatic heterocycles. The summed E-state index contributed by atoms with van der Waals surface area (Å²) in [5, 5.41) is 1.99. The largest absolute Gasteiger partial charge is 0.484 e. The van der Waals surface area contributed by atoms with Crippen molar-refractivity contribution >= 4 is 33.0 Å². The first-order valence-electron chi connectivity index (χ1n) is 12.6. The highest BCUT2D eigenvalue weighted by atomic mass is 28.4. The maximum absolute atomic E-state index is 13.0. The molecule has 2 aromatic carbocycles. The molecule has 0 aromatic heterocycles. The normalized spacial score (nSPS) is 21.1. The highest BCUT2D eigenvalue weighted by Gasteiger charge is 2.55. The summed E-state index contributed by atoms with van der Waals surface area (Å²) >= 11 is 0. The van der Waals surface area contributed by atoms with Gasteiger partial charge in [-0.1, -0.05) is 102 Å². The molecule has 0 N–H and O–H groups in total. The van der Waals surface area contributed by atoms with Gasteiger partial charge in [-0.2, -0.15) is 0 Å². The van der Waals surface area contributed by atoms with E-state index in [0.29, 0.717) is 0 Å². The van der Waals surface area contributed by atoms with E-state index in [-0.39, 0.29) is 10.1 Å². The predicted molar refractivity (Wildman–Crippen MR) is 151 cm³/mol. The van der Waals surface area contributed by atoms with Crippen LogP contribution in [0.5, 0.6) is 0 Å². The third kappa shape index (κ3) is 5.54. The van der Waals surface area contributed by atoms with Gasteiger partial charge in [-0.3, -0.25) is 0 Å². The van der Waals surface area contributed by atoms with Crippen LogP contribution in [-0.4, -0.2) is 48.0 Å². The third-order valence-electron chi connectivity index (χ3n) is 7.52. The van der Waals surface area contributed by atoms with Crippen LogP contribution in [0, 0.1) is 0 Å². The van der Waals surface area contributed by atoms with Crippen LogP contribution in [0.15, 0.2) is 73.0 Å². The van der Waals surface area contributed by atoms with Gasteiger partial charge in [0.1, 0.15) is 6.10 Å². The van der Waals surface area contributed by atoms with Gasteiger partial charge in [-0.15, -0.1) is 0 Å². The third-order valence-corrected chi connectivity index (χ3v) is 17.0. The van der Waals surface area contributed by atoms with Crippen molar-refractivity contribution in [1.29, 1.82) is 0 Å². The van der Waals surface area contributed by atoms with Crippen molar-refractivity contribution in [3.05, 3.63) is 73.0 Å². The molecule has 3 rings (SSSR count). The SMILES string of the molecule is COC(=O)[C@H]1OC=C[C@@H](O[Si](C)(C)C(C)(C)C)[C@@H]1O[Si](c1ccccc1)(c1ccccc1)C(C)(C)C. The Bertz CT molecular complexity index is 999. The van der Waals surface area contributed by atoms with Gasteiger partial charge in [0.25, 0.3) is 8.32 Å². The molecule has 7 heteroatoms. The molecule has 0 spiro atoms. The Morgan fingerprint density at radius 3 is 1.72 bits per heavy atom. The van der Waals surface area contributed by atoms with Crippen molar-refractivity contribution in [3.8, 4) is 0 Å². The van der Waals surface area contributed by atoms with E-state index in [1.54, 1.807) is 6.26 Å². The lowest BCUT2D eigenvalue weighted by Gasteiger charge is -2.49. The number of rotatable bonds is 7. The van der Waals surface area contributed by atoms with Gasteiger partial charge in [0.05, 0.1) is 19.5 Å². The number of hydrogen-bond donors (Lipinski definition) is 0. The Labute approximate surface area is 219 Å². The van der Waals surface area contributed by atoms with Crippen LogP contribution in [0.2, 0.25) is 23.2 Å². The molecular weight excluding hydrogens is 484 g/mol. The second-order valence-corrected chi connectivity index (χ2v) is 21.0. The summed E-state index contributed by atoms with van der Waals surface area (Å²) in [6.07, 6.45) is 1.39. The van der Waals surface area contributed by atoms with Crippen LogP contribution in [-0.2, 0) is 23.1 Å². The molecule has 2 aromatic rings. The molecule has 0 saturated carbocycles. The first kappa shape index (κ1) is 28.4. The van der Waals surface area contributed by atoms with E-state index in [0.717, 1.165) is 10.4 Å². The highest BCUT2D eigenvalue weighted by molar-refractivity contribution is 6.99. The number of methoxy groups -OCH3 is 1. The first-order chi connectivity index (χ1) is 16.7. The molecule has 1 aliphatic rings. The minimum atomic E-state index is -2.99. The van der Waals surface area contributed by atoms with Gasteiger partial charge in [0, 0.05) is 0 Å². The average Bonchev–Trinajstić information content (AvgIpc) is 2.82. The molecule has 36 heavy (non-hydrogen) atoms. The Morgan fingerprint density at radius 1 is 0.806 bits per heavy atom. The molecule has 0 saturated heterocycles. The van der Waals surface area contributed by atoms with E-state index in [2.05, 4.69) is 78.9 Å². The molecule has 0 amide bonds. The molecule has 0 unspecified atom stereocenters. The van der Waals surface area contributed by atoms with Crippen LogP contribution in [0.1, 0.15) is 41.5 Å². The van der Waals surface area contributed by atoms with E-state index in [9.17, 15) is 4.79 Å². The van der Waals surface area contributed by atoms with Gasteiger partial charge in [-0.25, -0.2) is 4.79 Å². The zero-order chi connectivity index (χ0) is 26.8. The molecule has 1 heterocycles. The fourth-order valence-electron chi connectivity index (χ4n) is 4.52. The van der Waals surface area contributed by atoms with Gasteiger partial charge in [-0.05, 0) is 39.6 Å². The summed E-state index contributed by atoms with van der Waals surface area (Å²) in [5.41, 5.74) is 0. The zero-order valence-electron chi connectivity index (χ0n) is 23.2. The van der Waals surface area contributed by atoms with Crippen LogP contribution < -0.4 is 10.4 Å². The number of hydrogen-bond acceptors (Lipinski definition) is 5. The summed E-state index contributed by atoms with van der Waals surface area (Å²) in [6, 6.07) is 20.8. The summed E-state index contributed by atoms with van der Waals surface area (Å²) in [5.74, 6) is -0.467. The van der Waals surface area contributed by atoms with Crippen LogP contribution >= 0.6 is 0 Å². The summed E-state index contributed by atoms with van der Waals surface area (Å²) < 4.78 is 25.3. The number of benzene rings is 2. The Kier molecular flexibility index (Phi) is 8.40. The topological polar surface area (TPSA) is 54.0 Å². The number of carbonyl (C=O) groups excluding carboxylic acids is 1. The van der Waals surface area contributed by atoms with Gasteiger partial charge < -0.3 is 18.3 Å². The highest BCUT2D eigenvalue weighted by Crippen LogP contribution is 2.42. The smallest absolute Gasteiger partial charge is 0.349 e. The maximum atomic E-state index is 13.0. The summed E-state index contributed by atoms with van der Waals surface area (Å²) in [4.78, 5) is 13.0. The molecule has 3 atom stereocenters. The maximum Gasteiger partial charge on any atom is 0.349 e. The second-order valence-electron chi connectivity index (χ2n) is 12.0. The number of esters is 1. The van der Waals surface area contributed by atoms with Gasteiger partial charge in [0.2, 0.25) is 6.10 Å². The van der Waals surface area contributed by atoms with E-state index >= 15 is 0 Å². The van der Waals surface area contributed by atoms with E-state index in [4.69, 9.17) is 18.3 Å². The van der Waals surface area contributed by atoms with Crippen LogP contribution in [0.25, 0.3) is 0 Å². The standard InChI is InChI=1S/C29H42O5Si2/c1-28(2,3)35(8,9)33-24-20-21-32-26(27(30)31-7)25(24)34-36(29(4,5)6,22-16-12-10-13-17-22)23-18-14-11-15-19-23/h10-21,24-26H,1-9H3/t24-,25+,26+/m1/s1. The minimum absolute atomic E-state index is 0.0120. The van der Waals surface area contributed by atoms with Crippen molar-refractivity contribution in [1.82, 2.24) is 0 Å². The number of carbonyl (C=O) groups is 1. The van der Waals surface area contributed by atoms with E-state index in [1.807, 2.05) is 42.5 Å². The fourth-order valence-corrected chi connectivity index (χ4v) is 10.4. The second kappa shape index (κ2) is 10.7. The number of ether oxygens (including phenoxy) is 2. The Morgan fingerprint density at radius 2 is 1.31 bits per heavy atom. The molecule has 0 radical (unpaired) electrons. The summed E-state index contributed by atoms with van der Waals surface area (Å²) in [7, 11) is -3.82. The monoisotopic (exact) mass is 526 g/mol. The lowest BCUT2D eigenvalue weighted by molar-refractivity contribution is -0.161. The molecule has 196 valence electrons. The average molecular weight is 527 g/mol.